The summed E-state index contributed by atoms with van der Waals surface area (Å²) in [6.07, 6.45) is 1.58. The Hall–Kier alpha value is -1.36. The summed E-state index contributed by atoms with van der Waals surface area (Å²) in [4.78, 5) is 4.28. The molecular weight excluding hydrogens is 291 g/mol. The SMILES string of the molecule is NC(=S)c1cccnc1Oc1cc(Cl)ccc1Cl. The molecule has 92 valence electrons. The van der Waals surface area contributed by atoms with Crippen molar-refractivity contribution in [2.45, 2.75) is 0 Å². The van der Waals surface area contributed by atoms with Crippen molar-refractivity contribution in [3.05, 3.63) is 52.1 Å². The van der Waals surface area contributed by atoms with E-state index in [9.17, 15) is 0 Å². The first-order valence-corrected chi connectivity index (χ1v) is 6.12. The lowest BCUT2D eigenvalue weighted by Crippen LogP contribution is -2.11. The molecule has 2 rings (SSSR count). The molecule has 0 saturated heterocycles. The third-order valence-electron chi connectivity index (χ3n) is 2.14. The van der Waals surface area contributed by atoms with Crippen LogP contribution in [-0.4, -0.2) is 9.97 Å². The van der Waals surface area contributed by atoms with Gasteiger partial charge in [-0.3, -0.25) is 0 Å². The molecule has 1 heterocycles. The van der Waals surface area contributed by atoms with Crippen LogP contribution in [0.2, 0.25) is 10.0 Å². The molecule has 18 heavy (non-hydrogen) atoms. The lowest BCUT2D eigenvalue weighted by molar-refractivity contribution is 0.462. The van der Waals surface area contributed by atoms with Crippen molar-refractivity contribution >= 4 is 40.4 Å². The van der Waals surface area contributed by atoms with E-state index in [2.05, 4.69) is 4.98 Å². The first-order valence-electron chi connectivity index (χ1n) is 4.95. The molecule has 0 bridgehead atoms. The quantitative estimate of drug-likeness (QED) is 0.875. The number of benzene rings is 1. The Balaban J connectivity index is 2.40. The number of nitrogens with two attached hydrogens (primary N) is 1. The van der Waals surface area contributed by atoms with Gasteiger partial charge in [-0.15, -0.1) is 0 Å². The Kier molecular flexibility index (Phi) is 4.01. The molecular formula is C12H8Cl2N2OS. The van der Waals surface area contributed by atoms with Gasteiger partial charge >= 0.3 is 0 Å². The van der Waals surface area contributed by atoms with Gasteiger partial charge in [0.25, 0.3) is 0 Å². The van der Waals surface area contributed by atoms with E-state index in [-0.39, 0.29) is 4.99 Å². The molecule has 2 aromatic rings. The van der Waals surface area contributed by atoms with E-state index < -0.39 is 0 Å². The van der Waals surface area contributed by atoms with Crippen molar-refractivity contribution in [2.24, 2.45) is 5.73 Å². The minimum absolute atomic E-state index is 0.205. The summed E-state index contributed by atoms with van der Waals surface area (Å²) in [6, 6.07) is 8.36. The van der Waals surface area contributed by atoms with E-state index in [1.165, 1.54) is 0 Å². The maximum atomic E-state index is 6.00. The average Bonchev–Trinajstić information content (AvgIpc) is 2.34. The number of hydrogen-bond donors (Lipinski definition) is 1. The number of nitrogens with zero attached hydrogens (tertiary/aromatic N) is 1. The van der Waals surface area contributed by atoms with E-state index in [1.807, 2.05) is 0 Å². The minimum atomic E-state index is 0.205. The maximum absolute atomic E-state index is 6.00. The molecule has 6 heteroatoms. The molecule has 1 aromatic heterocycles. The van der Waals surface area contributed by atoms with Crippen LogP contribution in [0.4, 0.5) is 0 Å². The van der Waals surface area contributed by atoms with Crippen LogP contribution in [0.5, 0.6) is 11.6 Å². The fourth-order valence-corrected chi connectivity index (χ4v) is 1.79. The maximum Gasteiger partial charge on any atom is 0.229 e. The highest BCUT2D eigenvalue weighted by Gasteiger charge is 2.10. The van der Waals surface area contributed by atoms with Crippen molar-refractivity contribution in [1.29, 1.82) is 0 Å². The molecule has 3 nitrogen and oxygen atoms in total. The number of rotatable bonds is 3. The fourth-order valence-electron chi connectivity index (χ4n) is 1.32. The summed E-state index contributed by atoms with van der Waals surface area (Å²) in [7, 11) is 0. The van der Waals surface area contributed by atoms with Gasteiger partial charge in [0.05, 0.1) is 10.6 Å². The number of pyridine rings is 1. The topological polar surface area (TPSA) is 48.1 Å². The second-order valence-corrected chi connectivity index (χ2v) is 4.68. The van der Waals surface area contributed by atoms with Crippen LogP contribution in [0, 0.1) is 0 Å². The summed E-state index contributed by atoms with van der Waals surface area (Å²) in [5.41, 5.74) is 6.13. The van der Waals surface area contributed by atoms with Crippen molar-refractivity contribution in [1.82, 2.24) is 4.98 Å². The van der Waals surface area contributed by atoms with Crippen molar-refractivity contribution in [3.63, 3.8) is 0 Å². The first-order chi connectivity index (χ1) is 8.58. The normalized spacial score (nSPS) is 10.1. The highest BCUT2D eigenvalue weighted by molar-refractivity contribution is 7.80. The van der Waals surface area contributed by atoms with Crippen molar-refractivity contribution < 1.29 is 4.74 Å². The zero-order valence-electron chi connectivity index (χ0n) is 9.06. The molecule has 2 N–H and O–H groups in total. The van der Waals surface area contributed by atoms with Crippen molar-refractivity contribution in [2.75, 3.05) is 0 Å². The number of ether oxygens (including phenoxy) is 1. The van der Waals surface area contributed by atoms with Crippen LogP contribution in [0.25, 0.3) is 0 Å². The molecule has 0 aliphatic rings. The molecule has 0 radical (unpaired) electrons. The van der Waals surface area contributed by atoms with E-state index in [4.69, 9.17) is 45.9 Å². The van der Waals surface area contributed by atoms with Gasteiger partial charge in [-0.1, -0.05) is 35.4 Å². The van der Waals surface area contributed by atoms with Gasteiger partial charge in [-0.25, -0.2) is 4.98 Å². The van der Waals surface area contributed by atoms with Crippen LogP contribution in [0.15, 0.2) is 36.5 Å². The summed E-state index contributed by atoms with van der Waals surface area (Å²) in [6.45, 7) is 0. The van der Waals surface area contributed by atoms with Crippen LogP contribution in [0.1, 0.15) is 5.56 Å². The first kappa shape index (κ1) is 13.1. The largest absolute Gasteiger partial charge is 0.437 e. The average molecular weight is 299 g/mol. The minimum Gasteiger partial charge on any atom is -0.437 e. The molecule has 0 fully saturated rings. The lowest BCUT2D eigenvalue weighted by Gasteiger charge is -2.10. The van der Waals surface area contributed by atoms with E-state index >= 15 is 0 Å². The summed E-state index contributed by atoms with van der Waals surface area (Å²) in [5, 5.41) is 0.946. The van der Waals surface area contributed by atoms with Crippen LogP contribution >= 0.6 is 35.4 Å². The number of hydrogen-bond acceptors (Lipinski definition) is 3. The third-order valence-corrected chi connectivity index (χ3v) is 2.90. The van der Waals surface area contributed by atoms with Crippen LogP contribution in [-0.2, 0) is 0 Å². The molecule has 0 saturated carbocycles. The Labute approximate surface area is 119 Å². The molecule has 0 aliphatic heterocycles. The van der Waals surface area contributed by atoms with Crippen molar-refractivity contribution in [3.8, 4) is 11.6 Å². The highest BCUT2D eigenvalue weighted by atomic mass is 35.5. The second kappa shape index (κ2) is 5.52. The Morgan fingerprint density at radius 1 is 1.28 bits per heavy atom. The lowest BCUT2D eigenvalue weighted by atomic mass is 10.2. The third kappa shape index (κ3) is 2.90. The zero-order valence-corrected chi connectivity index (χ0v) is 11.4. The molecule has 0 unspecified atom stereocenters. The van der Waals surface area contributed by atoms with Gasteiger partial charge in [0, 0.05) is 17.3 Å². The van der Waals surface area contributed by atoms with Gasteiger partial charge in [0.2, 0.25) is 5.88 Å². The van der Waals surface area contributed by atoms with E-state index in [0.717, 1.165) is 0 Å². The number of halogens is 2. The predicted molar refractivity (Wildman–Crippen MR) is 76.7 cm³/mol. The van der Waals surface area contributed by atoms with E-state index in [1.54, 1.807) is 36.5 Å². The summed E-state index contributed by atoms with van der Waals surface area (Å²) in [5.74, 6) is 0.703. The monoisotopic (exact) mass is 298 g/mol. The van der Waals surface area contributed by atoms with Crippen LogP contribution < -0.4 is 10.5 Å². The van der Waals surface area contributed by atoms with Gasteiger partial charge in [-0.2, -0.15) is 0 Å². The highest BCUT2D eigenvalue weighted by Crippen LogP contribution is 2.32. The van der Waals surface area contributed by atoms with Gasteiger partial charge in [0.1, 0.15) is 10.7 Å². The molecule has 0 aliphatic carbocycles. The zero-order chi connectivity index (χ0) is 13.1. The van der Waals surface area contributed by atoms with Crippen LogP contribution in [0.3, 0.4) is 0 Å². The predicted octanol–water partition coefficient (Wildman–Crippen LogP) is 3.81. The molecule has 0 atom stereocenters. The number of aromatic nitrogens is 1. The molecule has 0 spiro atoms. The standard InChI is InChI=1S/C12H8Cl2N2OS/c13-7-3-4-9(14)10(6-7)17-12-8(11(15)18)2-1-5-16-12/h1-6H,(H2,15,18). The van der Waals surface area contributed by atoms with Gasteiger partial charge in [0.15, 0.2) is 0 Å². The summed E-state index contributed by atoms with van der Waals surface area (Å²) >= 11 is 16.8. The van der Waals surface area contributed by atoms with Gasteiger partial charge in [-0.05, 0) is 24.3 Å². The number of thiocarbonyl (C=S) groups is 1. The second-order valence-electron chi connectivity index (χ2n) is 3.40. The summed E-state index contributed by atoms with van der Waals surface area (Å²) < 4.78 is 5.59. The Morgan fingerprint density at radius 2 is 2.06 bits per heavy atom. The fraction of sp³-hybridized carbons (Fsp3) is 0. The van der Waals surface area contributed by atoms with E-state index in [0.29, 0.717) is 27.2 Å². The molecule has 0 amide bonds. The Morgan fingerprint density at radius 3 is 2.78 bits per heavy atom. The Bertz CT molecular complexity index is 604. The molecule has 1 aromatic carbocycles. The van der Waals surface area contributed by atoms with Gasteiger partial charge < -0.3 is 10.5 Å². The smallest absolute Gasteiger partial charge is 0.229 e.